The molecule has 2 aliphatic rings. The van der Waals surface area contributed by atoms with E-state index in [2.05, 4.69) is 49.9 Å². The molecule has 8 heteroatoms. The summed E-state index contributed by atoms with van der Waals surface area (Å²) < 4.78 is 33.0. The maximum absolute atomic E-state index is 11.9. The Hall–Kier alpha value is -2.03. The third-order valence-corrected chi connectivity index (χ3v) is 7.15. The van der Waals surface area contributed by atoms with E-state index in [9.17, 15) is 8.42 Å². The zero-order valence-corrected chi connectivity index (χ0v) is 19.1. The largest absolute Gasteiger partial charge is 0.376 e. The maximum atomic E-state index is 11.9. The van der Waals surface area contributed by atoms with E-state index in [1.165, 1.54) is 11.8 Å². The maximum Gasteiger partial charge on any atom is 0.209 e. The van der Waals surface area contributed by atoms with Crippen molar-refractivity contribution in [3.05, 3.63) is 54.0 Å². The van der Waals surface area contributed by atoms with Crippen molar-refractivity contribution in [1.29, 1.82) is 0 Å². The fraction of sp³-hybridized carbons (Fsp3) is 0.565. The van der Waals surface area contributed by atoms with Crippen LogP contribution < -0.4 is 9.62 Å². The Morgan fingerprint density at radius 3 is 2.52 bits per heavy atom. The number of hydrogen-bond donors (Lipinski definition) is 1. The van der Waals surface area contributed by atoms with Crippen LogP contribution in [0.25, 0.3) is 0 Å². The van der Waals surface area contributed by atoms with E-state index in [1.807, 2.05) is 13.0 Å². The second kappa shape index (κ2) is 9.63. The van der Waals surface area contributed by atoms with Gasteiger partial charge in [0.05, 0.1) is 25.0 Å². The highest BCUT2D eigenvalue weighted by Crippen LogP contribution is 2.34. The zero-order chi connectivity index (χ0) is 21.8. The number of nitrogens with one attached hydrogen (secondary N) is 1. The van der Waals surface area contributed by atoms with Crippen LogP contribution in [0.3, 0.4) is 0 Å². The van der Waals surface area contributed by atoms with Crippen LogP contribution in [0.1, 0.15) is 49.4 Å². The molecule has 4 rings (SSSR count). The Morgan fingerprint density at radius 2 is 1.84 bits per heavy atom. The van der Waals surface area contributed by atoms with Gasteiger partial charge in [-0.05, 0) is 56.6 Å². The molecule has 2 atom stereocenters. The number of sulfonamides is 1. The molecule has 2 fully saturated rings. The van der Waals surface area contributed by atoms with Gasteiger partial charge in [-0.3, -0.25) is 0 Å². The minimum atomic E-state index is -3.30. The van der Waals surface area contributed by atoms with Crippen LogP contribution >= 0.6 is 0 Å². The standard InChI is InChI=1S/C23H32N4O3S/c1-17-24-14-12-23(25-17)27-15-13-21(26-31(2,28)29)22(27)16-30-20-10-8-19(9-11-20)18-6-4-3-5-7-18/h3-7,12,14,19-22,26H,8-11,13,15-16H2,1-2H3/t19-,20+,21-,22-/m0/s1. The summed E-state index contributed by atoms with van der Waals surface area (Å²) in [4.78, 5) is 10.9. The number of anilines is 1. The van der Waals surface area contributed by atoms with Crippen molar-refractivity contribution in [2.45, 2.75) is 63.1 Å². The van der Waals surface area contributed by atoms with Gasteiger partial charge in [0.2, 0.25) is 10.0 Å². The van der Waals surface area contributed by atoms with Crippen molar-refractivity contribution in [1.82, 2.24) is 14.7 Å². The van der Waals surface area contributed by atoms with Gasteiger partial charge in [-0.25, -0.2) is 23.1 Å². The first-order chi connectivity index (χ1) is 14.9. The lowest BCUT2D eigenvalue weighted by Gasteiger charge is -2.33. The number of benzene rings is 1. The summed E-state index contributed by atoms with van der Waals surface area (Å²) in [5.41, 5.74) is 1.42. The molecule has 7 nitrogen and oxygen atoms in total. The van der Waals surface area contributed by atoms with E-state index < -0.39 is 10.0 Å². The molecule has 31 heavy (non-hydrogen) atoms. The lowest BCUT2D eigenvalue weighted by Crippen LogP contribution is -2.48. The average molecular weight is 445 g/mol. The van der Waals surface area contributed by atoms with Gasteiger partial charge in [0.15, 0.2) is 0 Å². The van der Waals surface area contributed by atoms with Crippen LogP contribution in [0.5, 0.6) is 0 Å². The second-order valence-corrected chi connectivity index (χ2v) is 10.5. The molecule has 2 heterocycles. The highest BCUT2D eigenvalue weighted by molar-refractivity contribution is 7.88. The summed E-state index contributed by atoms with van der Waals surface area (Å²) in [6.07, 6.45) is 8.22. The summed E-state index contributed by atoms with van der Waals surface area (Å²) >= 11 is 0. The van der Waals surface area contributed by atoms with Crippen LogP contribution in [0, 0.1) is 6.92 Å². The fourth-order valence-electron chi connectivity index (χ4n) is 4.88. The SMILES string of the molecule is Cc1nccc(N2CC[C@H](NS(C)(=O)=O)[C@@H]2CO[C@H]2CC[C@@H](c3ccccc3)CC2)n1. The van der Waals surface area contributed by atoms with E-state index in [0.717, 1.165) is 44.5 Å². The van der Waals surface area contributed by atoms with Crippen molar-refractivity contribution in [3.63, 3.8) is 0 Å². The van der Waals surface area contributed by atoms with Crippen molar-refractivity contribution in [3.8, 4) is 0 Å². The summed E-state index contributed by atoms with van der Waals surface area (Å²) in [5, 5.41) is 0. The van der Waals surface area contributed by atoms with Crippen LogP contribution in [0.15, 0.2) is 42.6 Å². The molecule has 0 spiro atoms. The van der Waals surface area contributed by atoms with Crippen molar-refractivity contribution in [2.75, 3.05) is 24.3 Å². The third-order valence-electron chi connectivity index (χ3n) is 6.41. The number of nitrogens with zero attached hydrogens (tertiary/aromatic N) is 3. The summed E-state index contributed by atoms with van der Waals surface area (Å²) in [6, 6.07) is 12.3. The lowest BCUT2D eigenvalue weighted by molar-refractivity contribution is 0.0156. The topological polar surface area (TPSA) is 84.4 Å². The van der Waals surface area contributed by atoms with E-state index in [4.69, 9.17) is 4.74 Å². The van der Waals surface area contributed by atoms with Gasteiger partial charge in [-0.15, -0.1) is 0 Å². The van der Waals surface area contributed by atoms with E-state index in [1.54, 1.807) is 6.20 Å². The predicted octanol–water partition coefficient (Wildman–Crippen LogP) is 3.02. The molecule has 1 saturated carbocycles. The van der Waals surface area contributed by atoms with Gasteiger partial charge in [0.1, 0.15) is 11.6 Å². The van der Waals surface area contributed by atoms with E-state index in [-0.39, 0.29) is 18.2 Å². The summed E-state index contributed by atoms with van der Waals surface area (Å²) in [6.45, 7) is 3.08. The molecule has 0 bridgehead atoms. The molecule has 168 valence electrons. The van der Waals surface area contributed by atoms with Gasteiger partial charge in [-0.1, -0.05) is 30.3 Å². The average Bonchev–Trinajstić information content (AvgIpc) is 3.14. The van der Waals surface area contributed by atoms with Crippen molar-refractivity contribution >= 4 is 15.8 Å². The van der Waals surface area contributed by atoms with Gasteiger partial charge in [0.25, 0.3) is 0 Å². The van der Waals surface area contributed by atoms with Crippen LogP contribution in [-0.4, -0.2) is 56.0 Å². The Bertz CT molecular complexity index is 962. The van der Waals surface area contributed by atoms with E-state index >= 15 is 0 Å². The zero-order valence-electron chi connectivity index (χ0n) is 18.3. The molecule has 1 N–H and O–H groups in total. The monoisotopic (exact) mass is 444 g/mol. The second-order valence-electron chi connectivity index (χ2n) is 8.73. The normalized spacial score (nSPS) is 26.8. The van der Waals surface area contributed by atoms with E-state index in [0.29, 0.717) is 18.3 Å². The Labute approximate surface area is 185 Å². The summed E-state index contributed by atoms with van der Waals surface area (Å²) in [5.74, 6) is 2.13. The molecule has 0 radical (unpaired) electrons. The molecule has 0 amide bonds. The van der Waals surface area contributed by atoms with Crippen LogP contribution in [0.4, 0.5) is 5.82 Å². The molecule has 1 saturated heterocycles. The van der Waals surface area contributed by atoms with Crippen molar-refractivity contribution < 1.29 is 13.2 Å². The van der Waals surface area contributed by atoms with Gasteiger partial charge in [0, 0.05) is 18.8 Å². The lowest BCUT2D eigenvalue weighted by atomic mass is 9.83. The molecule has 2 aromatic rings. The molecular weight excluding hydrogens is 412 g/mol. The highest BCUT2D eigenvalue weighted by atomic mass is 32.2. The van der Waals surface area contributed by atoms with Gasteiger partial charge < -0.3 is 9.64 Å². The molecule has 1 aliphatic carbocycles. The number of aryl methyl sites for hydroxylation is 1. The Morgan fingerprint density at radius 1 is 1.10 bits per heavy atom. The Kier molecular flexibility index (Phi) is 6.89. The molecular formula is C23H32N4O3S. The highest BCUT2D eigenvalue weighted by Gasteiger charge is 2.37. The van der Waals surface area contributed by atoms with Gasteiger partial charge in [-0.2, -0.15) is 0 Å². The Balaban J connectivity index is 1.39. The molecule has 1 aromatic carbocycles. The fourth-order valence-corrected chi connectivity index (χ4v) is 5.71. The smallest absolute Gasteiger partial charge is 0.209 e. The summed E-state index contributed by atoms with van der Waals surface area (Å²) in [7, 11) is -3.30. The van der Waals surface area contributed by atoms with Crippen molar-refractivity contribution in [2.24, 2.45) is 0 Å². The predicted molar refractivity (Wildman–Crippen MR) is 122 cm³/mol. The third kappa shape index (κ3) is 5.81. The molecule has 1 aliphatic heterocycles. The first-order valence-electron chi connectivity index (χ1n) is 11.1. The minimum absolute atomic E-state index is 0.0872. The number of aromatic nitrogens is 2. The minimum Gasteiger partial charge on any atom is -0.376 e. The number of hydrogen-bond acceptors (Lipinski definition) is 6. The quantitative estimate of drug-likeness (QED) is 0.707. The molecule has 0 unspecified atom stereocenters. The number of rotatable bonds is 7. The first-order valence-corrected chi connectivity index (χ1v) is 13.0. The van der Waals surface area contributed by atoms with Crippen LogP contribution in [0.2, 0.25) is 0 Å². The first kappa shape index (κ1) is 22.2. The molecule has 1 aromatic heterocycles. The number of ether oxygens (including phenoxy) is 1. The van der Waals surface area contributed by atoms with Crippen LogP contribution in [-0.2, 0) is 14.8 Å². The van der Waals surface area contributed by atoms with Gasteiger partial charge >= 0.3 is 0 Å².